The molecule has 0 saturated heterocycles. The molecule has 2 nitrogen and oxygen atoms in total. The number of allylic oxidation sites excluding steroid dienone is 1. The zero-order valence-corrected chi connectivity index (χ0v) is 12.9. The molecule has 0 aliphatic heterocycles. The van der Waals surface area contributed by atoms with Crippen molar-refractivity contribution in [1.82, 2.24) is 0 Å². The van der Waals surface area contributed by atoms with Crippen LogP contribution in [-0.4, -0.2) is 25.2 Å². The smallest absolute Gasteiger partial charge is 0.100 e. The summed E-state index contributed by atoms with van der Waals surface area (Å²) in [5, 5.41) is 0.266. The van der Waals surface area contributed by atoms with Gasteiger partial charge in [-0.25, -0.2) is 0 Å². The third kappa shape index (κ3) is 10.9. The summed E-state index contributed by atoms with van der Waals surface area (Å²) >= 11 is 6.14. The maximum atomic E-state index is 6.14. The van der Waals surface area contributed by atoms with E-state index in [-0.39, 0.29) is 11.5 Å². The first-order valence-corrected chi connectivity index (χ1v) is 7.61. The highest BCUT2D eigenvalue weighted by molar-refractivity contribution is 6.20. The molecule has 0 N–H and O–H groups in total. The van der Waals surface area contributed by atoms with E-state index in [0.717, 1.165) is 38.7 Å². The number of halogens is 1. The van der Waals surface area contributed by atoms with Crippen molar-refractivity contribution in [2.75, 3.05) is 13.7 Å². The Labute approximate surface area is 118 Å². The van der Waals surface area contributed by atoms with E-state index in [0.29, 0.717) is 0 Å². The fourth-order valence-electron chi connectivity index (χ4n) is 1.66. The quantitative estimate of drug-likeness (QED) is 0.286. The SMILES string of the molecule is CCCCC=COC(CCOC)CCC(Cl)CC. The number of ether oxygens (including phenoxy) is 2. The van der Waals surface area contributed by atoms with E-state index in [4.69, 9.17) is 21.1 Å². The largest absolute Gasteiger partial charge is 0.498 e. The van der Waals surface area contributed by atoms with Crippen LogP contribution in [0.4, 0.5) is 0 Å². The van der Waals surface area contributed by atoms with E-state index in [1.807, 2.05) is 6.26 Å². The molecular weight excluding hydrogens is 248 g/mol. The average Bonchev–Trinajstić information content (AvgIpc) is 2.40. The number of unbranched alkanes of at least 4 members (excludes halogenated alkanes) is 2. The first kappa shape index (κ1) is 17.8. The van der Waals surface area contributed by atoms with E-state index >= 15 is 0 Å². The summed E-state index contributed by atoms with van der Waals surface area (Å²) in [6, 6.07) is 0. The minimum atomic E-state index is 0.232. The second-order valence-corrected chi connectivity index (χ2v) is 5.25. The topological polar surface area (TPSA) is 18.5 Å². The van der Waals surface area contributed by atoms with Gasteiger partial charge >= 0.3 is 0 Å². The van der Waals surface area contributed by atoms with E-state index < -0.39 is 0 Å². The van der Waals surface area contributed by atoms with Crippen molar-refractivity contribution < 1.29 is 9.47 Å². The standard InChI is InChI=1S/C15H29ClO2/c1-4-6-7-8-12-18-15(11-13-17-3)10-9-14(16)5-2/h8,12,14-15H,4-7,9-11,13H2,1-3H3. The van der Waals surface area contributed by atoms with Crippen LogP contribution in [0.25, 0.3) is 0 Å². The molecule has 0 heterocycles. The molecule has 0 saturated carbocycles. The highest BCUT2D eigenvalue weighted by atomic mass is 35.5. The van der Waals surface area contributed by atoms with Crippen LogP contribution in [0.15, 0.2) is 12.3 Å². The minimum absolute atomic E-state index is 0.232. The van der Waals surface area contributed by atoms with Crippen LogP contribution >= 0.6 is 11.6 Å². The van der Waals surface area contributed by atoms with E-state index in [2.05, 4.69) is 19.9 Å². The van der Waals surface area contributed by atoms with Gasteiger partial charge in [-0.15, -0.1) is 11.6 Å². The van der Waals surface area contributed by atoms with Crippen LogP contribution in [0.2, 0.25) is 0 Å². The molecule has 0 aromatic rings. The molecule has 0 aliphatic carbocycles. The summed E-state index contributed by atoms with van der Waals surface area (Å²) in [7, 11) is 1.73. The number of rotatable bonds is 12. The predicted octanol–water partition coefficient (Wildman–Crippen LogP) is 4.91. The second-order valence-electron chi connectivity index (χ2n) is 4.64. The molecule has 0 rings (SSSR count). The first-order chi connectivity index (χ1) is 8.74. The summed E-state index contributed by atoms with van der Waals surface area (Å²) in [4.78, 5) is 0. The van der Waals surface area contributed by atoms with E-state index in [1.54, 1.807) is 7.11 Å². The maximum absolute atomic E-state index is 6.14. The van der Waals surface area contributed by atoms with Crippen LogP contribution in [0.1, 0.15) is 58.8 Å². The Morgan fingerprint density at radius 3 is 2.56 bits per heavy atom. The number of hydrogen-bond acceptors (Lipinski definition) is 2. The third-order valence-corrected chi connectivity index (χ3v) is 3.51. The highest BCUT2D eigenvalue weighted by Crippen LogP contribution is 2.15. The van der Waals surface area contributed by atoms with Gasteiger partial charge in [-0.1, -0.05) is 20.3 Å². The van der Waals surface area contributed by atoms with Crippen molar-refractivity contribution >= 4 is 11.6 Å². The molecule has 0 aliphatic rings. The summed E-state index contributed by atoms with van der Waals surface area (Å²) < 4.78 is 10.9. The fourth-order valence-corrected chi connectivity index (χ4v) is 1.78. The Bertz CT molecular complexity index is 195. The van der Waals surface area contributed by atoms with Gasteiger partial charge in [0.2, 0.25) is 0 Å². The molecule has 2 atom stereocenters. The molecule has 108 valence electrons. The zero-order chi connectivity index (χ0) is 13.6. The van der Waals surface area contributed by atoms with Gasteiger partial charge in [-0.05, 0) is 38.2 Å². The highest BCUT2D eigenvalue weighted by Gasteiger charge is 2.11. The number of hydrogen-bond donors (Lipinski definition) is 0. The number of methoxy groups -OCH3 is 1. The summed E-state index contributed by atoms with van der Waals surface area (Å²) in [6.07, 6.45) is 11.7. The van der Waals surface area contributed by atoms with Gasteiger partial charge in [-0.3, -0.25) is 0 Å². The van der Waals surface area contributed by atoms with Crippen LogP contribution in [0.3, 0.4) is 0 Å². The lowest BCUT2D eigenvalue weighted by Crippen LogP contribution is -2.14. The molecule has 18 heavy (non-hydrogen) atoms. The first-order valence-electron chi connectivity index (χ1n) is 7.18. The monoisotopic (exact) mass is 276 g/mol. The summed E-state index contributed by atoms with van der Waals surface area (Å²) in [6.45, 7) is 5.06. The molecule has 3 heteroatoms. The predicted molar refractivity (Wildman–Crippen MR) is 79.2 cm³/mol. The zero-order valence-electron chi connectivity index (χ0n) is 12.2. The molecule has 0 radical (unpaired) electrons. The van der Waals surface area contributed by atoms with E-state index in [9.17, 15) is 0 Å². The maximum Gasteiger partial charge on any atom is 0.100 e. The van der Waals surface area contributed by atoms with Gasteiger partial charge in [0, 0.05) is 25.5 Å². The van der Waals surface area contributed by atoms with Crippen LogP contribution < -0.4 is 0 Å². The van der Waals surface area contributed by atoms with Gasteiger partial charge in [0.15, 0.2) is 0 Å². The minimum Gasteiger partial charge on any atom is -0.498 e. The van der Waals surface area contributed by atoms with E-state index in [1.165, 1.54) is 12.8 Å². The lowest BCUT2D eigenvalue weighted by Gasteiger charge is -2.17. The Morgan fingerprint density at radius 1 is 1.17 bits per heavy atom. The molecule has 0 aromatic carbocycles. The third-order valence-electron chi connectivity index (χ3n) is 2.98. The molecule has 0 aromatic heterocycles. The Hall–Kier alpha value is -0.210. The fraction of sp³-hybridized carbons (Fsp3) is 0.867. The van der Waals surface area contributed by atoms with Gasteiger partial charge in [0.05, 0.1) is 6.26 Å². The van der Waals surface area contributed by atoms with Crippen molar-refractivity contribution in [1.29, 1.82) is 0 Å². The average molecular weight is 277 g/mol. The molecule has 0 fully saturated rings. The Morgan fingerprint density at radius 2 is 1.94 bits per heavy atom. The molecule has 0 amide bonds. The van der Waals surface area contributed by atoms with Crippen LogP contribution in [0, 0.1) is 0 Å². The van der Waals surface area contributed by atoms with Crippen LogP contribution in [-0.2, 0) is 9.47 Å². The van der Waals surface area contributed by atoms with Gasteiger partial charge in [-0.2, -0.15) is 0 Å². The van der Waals surface area contributed by atoms with Gasteiger partial charge in [0.25, 0.3) is 0 Å². The Balaban J connectivity index is 3.86. The molecule has 0 bridgehead atoms. The van der Waals surface area contributed by atoms with Gasteiger partial charge < -0.3 is 9.47 Å². The molecule has 0 spiro atoms. The molecular formula is C15H29ClO2. The summed E-state index contributed by atoms with van der Waals surface area (Å²) in [5.41, 5.74) is 0. The van der Waals surface area contributed by atoms with Crippen LogP contribution in [0.5, 0.6) is 0 Å². The van der Waals surface area contributed by atoms with Gasteiger partial charge in [0.1, 0.15) is 6.10 Å². The lowest BCUT2D eigenvalue weighted by atomic mass is 10.1. The normalized spacial score (nSPS) is 14.9. The second kappa shape index (κ2) is 13.2. The van der Waals surface area contributed by atoms with Crippen molar-refractivity contribution in [3.8, 4) is 0 Å². The lowest BCUT2D eigenvalue weighted by molar-refractivity contribution is 0.0860. The Kier molecular flexibility index (Phi) is 13.1. The van der Waals surface area contributed by atoms with Crippen molar-refractivity contribution in [3.63, 3.8) is 0 Å². The summed E-state index contributed by atoms with van der Waals surface area (Å²) in [5.74, 6) is 0. The van der Waals surface area contributed by atoms with Crippen molar-refractivity contribution in [2.24, 2.45) is 0 Å². The molecule has 2 unspecified atom stereocenters. The van der Waals surface area contributed by atoms with Crippen molar-refractivity contribution in [3.05, 3.63) is 12.3 Å². The number of alkyl halides is 1. The van der Waals surface area contributed by atoms with Crippen molar-refractivity contribution in [2.45, 2.75) is 70.3 Å².